The summed E-state index contributed by atoms with van der Waals surface area (Å²) in [4.78, 5) is 26.9. The molecule has 2 amide bonds. The van der Waals surface area contributed by atoms with Crippen LogP contribution in [-0.2, 0) is 11.4 Å². The van der Waals surface area contributed by atoms with Crippen LogP contribution in [0.15, 0.2) is 71.6 Å². The fraction of sp³-hybridized carbons (Fsp3) is 0.120. The Morgan fingerprint density at radius 2 is 1.64 bits per heavy atom. The zero-order valence-electron chi connectivity index (χ0n) is 17.9. The second-order valence-corrected chi connectivity index (χ2v) is 8.47. The van der Waals surface area contributed by atoms with E-state index in [-0.39, 0.29) is 11.1 Å². The van der Waals surface area contributed by atoms with E-state index in [1.54, 1.807) is 74.9 Å². The molecule has 0 bridgehead atoms. The summed E-state index contributed by atoms with van der Waals surface area (Å²) in [6.45, 7) is 0.355. The minimum absolute atomic E-state index is 0.327. The predicted octanol–water partition coefficient (Wildman–Crippen LogP) is 6.18. The van der Waals surface area contributed by atoms with Crippen molar-refractivity contribution in [3.8, 4) is 17.2 Å². The lowest BCUT2D eigenvalue weighted by atomic mass is 10.1. The summed E-state index contributed by atoms with van der Waals surface area (Å²) in [6, 6.07) is 19.5. The molecule has 1 saturated heterocycles. The number of hydrogen-bond acceptors (Lipinski definition) is 6. The van der Waals surface area contributed by atoms with Crippen LogP contribution >= 0.6 is 23.4 Å². The molecule has 0 radical (unpaired) electrons. The average molecular weight is 482 g/mol. The summed E-state index contributed by atoms with van der Waals surface area (Å²) in [6.07, 6.45) is 1.67. The summed E-state index contributed by atoms with van der Waals surface area (Å²) in [5.41, 5.74) is 2.17. The van der Waals surface area contributed by atoms with Crippen LogP contribution in [0.4, 0.5) is 10.5 Å². The third-order valence-electron chi connectivity index (χ3n) is 4.92. The molecule has 0 aromatic heterocycles. The van der Waals surface area contributed by atoms with Gasteiger partial charge in [-0.25, -0.2) is 4.90 Å². The highest BCUT2D eigenvalue weighted by Crippen LogP contribution is 2.37. The summed E-state index contributed by atoms with van der Waals surface area (Å²) >= 11 is 6.81. The topological polar surface area (TPSA) is 65.1 Å². The van der Waals surface area contributed by atoms with Crippen molar-refractivity contribution < 1.29 is 23.8 Å². The third kappa shape index (κ3) is 5.16. The minimum atomic E-state index is -0.378. The van der Waals surface area contributed by atoms with E-state index in [4.69, 9.17) is 25.8 Å². The van der Waals surface area contributed by atoms with Crippen molar-refractivity contribution >= 4 is 46.3 Å². The second-order valence-electron chi connectivity index (χ2n) is 7.04. The van der Waals surface area contributed by atoms with Crippen LogP contribution < -0.4 is 19.1 Å². The third-order valence-corrected chi connectivity index (χ3v) is 6.04. The number of amides is 2. The molecule has 3 aromatic carbocycles. The predicted molar refractivity (Wildman–Crippen MR) is 130 cm³/mol. The van der Waals surface area contributed by atoms with Gasteiger partial charge in [0.2, 0.25) is 0 Å². The van der Waals surface area contributed by atoms with Crippen molar-refractivity contribution in [2.75, 3.05) is 19.1 Å². The normalized spacial score (nSPS) is 14.6. The van der Waals surface area contributed by atoms with Crippen molar-refractivity contribution in [1.29, 1.82) is 0 Å². The van der Waals surface area contributed by atoms with Crippen LogP contribution in [-0.4, -0.2) is 25.4 Å². The fourth-order valence-corrected chi connectivity index (χ4v) is 4.18. The molecule has 8 heteroatoms. The van der Waals surface area contributed by atoms with Gasteiger partial charge in [-0.15, -0.1) is 0 Å². The molecule has 0 atom stereocenters. The van der Waals surface area contributed by atoms with E-state index >= 15 is 0 Å². The molecule has 1 fully saturated rings. The minimum Gasteiger partial charge on any atom is -0.497 e. The number of halogens is 1. The van der Waals surface area contributed by atoms with Crippen LogP contribution in [0.1, 0.15) is 11.1 Å². The van der Waals surface area contributed by atoms with Crippen molar-refractivity contribution in [2.45, 2.75) is 6.61 Å². The van der Waals surface area contributed by atoms with E-state index in [2.05, 4.69) is 0 Å². The summed E-state index contributed by atoms with van der Waals surface area (Å²) < 4.78 is 16.5. The Hall–Kier alpha value is -3.42. The molecule has 6 nitrogen and oxygen atoms in total. The Balaban J connectivity index is 1.51. The monoisotopic (exact) mass is 481 g/mol. The van der Waals surface area contributed by atoms with Crippen LogP contribution in [0.2, 0.25) is 5.02 Å². The van der Waals surface area contributed by atoms with Gasteiger partial charge in [-0.3, -0.25) is 9.59 Å². The smallest absolute Gasteiger partial charge is 0.298 e. The van der Waals surface area contributed by atoms with Gasteiger partial charge in [0.1, 0.15) is 12.4 Å². The molecule has 0 saturated carbocycles. The molecule has 1 aliphatic heterocycles. The zero-order valence-corrected chi connectivity index (χ0v) is 19.5. The van der Waals surface area contributed by atoms with Gasteiger partial charge in [0, 0.05) is 5.02 Å². The maximum Gasteiger partial charge on any atom is 0.298 e. The van der Waals surface area contributed by atoms with Crippen molar-refractivity contribution in [3.05, 3.63) is 87.8 Å². The molecule has 3 aromatic rings. The van der Waals surface area contributed by atoms with Gasteiger partial charge in [-0.05, 0) is 77.5 Å². The lowest BCUT2D eigenvalue weighted by Crippen LogP contribution is -2.27. The number of thioether (sulfide) groups is 1. The highest BCUT2D eigenvalue weighted by Gasteiger charge is 2.36. The highest BCUT2D eigenvalue weighted by molar-refractivity contribution is 8.19. The molecule has 4 rings (SSSR count). The number of nitrogens with zero attached hydrogens (tertiary/aromatic N) is 1. The molecule has 1 heterocycles. The number of ether oxygens (including phenoxy) is 3. The molecule has 1 aliphatic rings. The number of carbonyl (C=O) groups excluding carboxylic acids is 2. The first kappa shape index (κ1) is 22.8. The Morgan fingerprint density at radius 3 is 2.30 bits per heavy atom. The van der Waals surface area contributed by atoms with Gasteiger partial charge < -0.3 is 14.2 Å². The van der Waals surface area contributed by atoms with Gasteiger partial charge in [0.25, 0.3) is 11.1 Å². The molecular formula is C25H20ClNO5S. The van der Waals surface area contributed by atoms with E-state index in [0.717, 1.165) is 22.2 Å². The number of rotatable bonds is 7. The number of imide groups is 1. The quantitative estimate of drug-likeness (QED) is 0.375. The van der Waals surface area contributed by atoms with Crippen LogP contribution in [0.25, 0.3) is 6.08 Å². The Kier molecular flexibility index (Phi) is 6.91. The molecule has 168 valence electrons. The molecule has 0 N–H and O–H groups in total. The summed E-state index contributed by atoms with van der Waals surface area (Å²) in [5.74, 6) is 1.35. The summed E-state index contributed by atoms with van der Waals surface area (Å²) in [7, 11) is 3.10. The van der Waals surface area contributed by atoms with E-state index in [0.29, 0.717) is 45.0 Å². The van der Waals surface area contributed by atoms with Gasteiger partial charge in [-0.1, -0.05) is 29.8 Å². The van der Waals surface area contributed by atoms with Gasteiger partial charge in [0.15, 0.2) is 11.5 Å². The molecule has 33 heavy (non-hydrogen) atoms. The van der Waals surface area contributed by atoms with E-state index in [9.17, 15) is 9.59 Å². The van der Waals surface area contributed by atoms with Crippen molar-refractivity contribution in [2.24, 2.45) is 0 Å². The first-order chi connectivity index (χ1) is 16.0. The fourth-order valence-electron chi connectivity index (χ4n) is 3.21. The molecule has 0 aliphatic carbocycles. The highest BCUT2D eigenvalue weighted by atomic mass is 35.5. The SMILES string of the molecule is COc1ccc(N2C(=O)S/C(=C\c3ccc(OCc4ccc(Cl)cc4)c(OC)c3)C2=O)cc1. The van der Waals surface area contributed by atoms with Crippen LogP contribution in [0.5, 0.6) is 17.2 Å². The summed E-state index contributed by atoms with van der Waals surface area (Å²) in [5, 5.41) is 0.309. The van der Waals surface area contributed by atoms with Crippen molar-refractivity contribution in [1.82, 2.24) is 0 Å². The van der Waals surface area contributed by atoms with Gasteiger partial charge >= 0.3 is 0 Å². The van der Waals surface area contributed by atoms with Gasteiger partial charge in [0.05, 0.1) is 24.8 Å². The Morgan fingerprint density at radius 1 is 0.909 bits per heavy atom. The zero-order chi connectivity index (χ0) is 23.4. The lowest BCUT2D eigenvalue weighted by Gasteiger charge is -2.13. The first-order valence-corrected chi connectivity index (χ1v) is 11.1. The van der Waals surface area contributed by atoms with E-state index in [1.807, 2.05) is 12.1 Å². The number of anilines is 1. The molecule has 0 spiro atoms. The van der Waals surface area contributed by atoms with Gasteiger partial charge in [-0.2, -0.15) is 0 Å². The van der Waals surface area contributed by atoms with Crippen molar-refractivity contribution in [3.63, 3.8) is 0 Å². The average Bonchev–Trinajstić information content (AvgIpc) is 3.11. The standard InChI is InChI=1S/C25H20ClNO5S/c1-30-20-10-8-19(9-11-20)27-24(28)23(33-25(27)29)14-17-5-12-21(22(13-17)31-2)32-15-16-3-6-18(26)7-4-16/h3-14H,15H2,1-2H3/b23-14-. The second kappa shape index (κ2) is 10.0. The maximum absolute atomic E-state index is 12.9. The number of benzene rings is 3. The number of hydrogen-bond donors (Lipinski definition) is 0. The molecular weight excluding hydrogens is 462 g/mol. The number of carbonyl (C=O) groups is 2. The largest absolute Gasteiger partial charge is 0.497 e. The Bertz CT molecular complexity index is 1210. The number of methoxy groups -OCH3 is 2. The van der Waals surface area contributed by atoms with E-state index in [1.165, 1.54) is 0 Å². The first-order valence-electron chi connectivity index (χ1n) is 9.96. The molecule has 0 unspecified atom stereocenters. The Labute approximate surface area is 200 Å². The maximum atomic E-state index is 12.9. The van der Waals surface area contributed by atoms with Crippen LogP contribution in [0, 0.1) is 0 Å². The van der Waals surface area contributed by atoms with Crippen LogP contribution in [0.3, 0.4) is 0 Å². The van der Waals surface area contributed by atoms with E-state index < -0.39 is 0 Å². The lowest BCUT2D eigenvalue weighted by molar-refractivity contribution is -0.113.